The number of methoxy groups -OCH3 is 3. The molecule has 0 atom stereocenters. The number of ketones is 1. The van der Waals surface area contributed by atoms with Gasteiger partial charge in [-0.2, -0.15) is 0 Å². The van der Waals surface area contributed by atoms with Crippen molar-refractivity contribution in [2.24, 2.45) is 0 Å². The lowest BCUT2D eigenvalue weighted by atomic mass is 10.1. The summed E-state index contributed by atoms with van der Waals surface area (Å²) in [6.07, 6.45) is 3.09. The molecule has 5 heteroatoms. The van der Waals surface area contributed by atoms with Gasteiger partial charge < -0.3 is 19.9 Å². The van der Waals surface area contributed by atoms with Crippen LogP contribution in [0.3, 0.4) is 0 Å². The molecule has 2 rings (SSSR count). The van der Waals surface area contributed by atoms with Gasteiger partial charge in [0, 0.05) is 23.4 Å². The van der Waals surface area contributed by atoms with Gasteiger partial charge in [-0.25, -0.2) is 0 Å². The number of benzene rings is 2. The van der Waals surface area contributed by atoms with Crippen molar-refractivity contribution in [2.75, 3.05) is 27.1 Å². The molecule has 0 heterocycles. The van der Waals surface area contributed by atoms with Gasteiger partial charge in [-0.1, -0.05) is 12.1 Å². The molecular weight excluding hydrogens is 294 g/mol. The fraction of sp³-hybridized carbons (Fsp3) is 0.167. The van der Waals surface area contributed by atoms with E-state index < -0.39 is 0 Å². The van der Waals surface area contributed by atoms with E-state index in [1.807, 2.05) is 0 Å². The summed E-state index contributed by atoms with van der Waals surface area (Å²) < 4.78 is 15.9. The second-order valence-corrected chi connectivity index (χ2v) is 4.73. The van der Waals surface area contributed by atoms with E-state index in [-0.39, 0.29) is 5.78 Å². The fourth-order valence-corrected chi connectivity index (χ4v) is 2.17. The maximum atomic E-state index is 12.3. The number of ether oxygens (including phenoxy) is 3. The number of nitrogen functional groups attached to an aromatic ring is 1. The van der Waals surface area contributed by atoms with Crippen molar-refractivity contribution in [3.05, 3.63) is 53.6 Å². The van der Waals surface area contributed by atoms with Gasteiger partial charge in [0.25, 0.3) is 0 Å². The molecule has 2 aromatic carbocycles. The third-order valence-corrected chi connectivity index (χ3v) is 3.38. The van der Waals surface area contributed by atoms with E-state index in [1.54, 1.807) is 63.8 Å². The van der Waals surface area contributed by atoms with Crippen LogP contribution in [0.25, 0.3) is 6.08 Å². The van der Waals surface area contributed by atoms with Crippen molar-refractivity contribution in [1.29, 1.82) is 0 Å². The lowest BCUT2D eigenvalue weighted by Gasteiger charge is -2.12. The van der Waals surface area contributed by atoms with Crippen LogP contribution in [0.5, 0.6) is 17.2 Å². The van der Waals surface area contributed by atoms with Gasteiger partial charge in [0.1, 0.15) is 17.2 Å². The quantitative estimate of drug-likeness (QED) is 0.504. The Morgan fingerprint density at radius 1 is 1.00 bits per heavy atom. The standard InChI is InChI=1S/C18H19NO4/c1-21-12-10-17(22-2)14(18(11-12)23-3)8-9-16(20)13-6-4-5-7-15(13)19/h4-11H,19H2,1-3H3. The van der Waals surface area contributed by atoms with Gasteiger partial charge in [0.15, 0.2) is 5.78 Å². The molecule has 0 saturated carbocycles. The monoisotopic (exact) mass is 313 g/mol. The summed E-state index contributed by atoms with van der Waals surface area (Å²) in [6.45, 7) is 0. The molecule has 0 aliphatic carbocycles. The second kappa shape index (κ2) is 7.35. The Labute approximate surface area is 135 Å². The Hall–Kier alpha value is -2.95. The van der Waals surface area contributed by atoms with E-state index in [0.717, 1.165) is 0 Å². The van der Waals surface area contributed by atoms with Crippen LogP contribution in [-0.2, 0) is 0 Å². The third kappa shape index (κ3) is 3.63. The zero-order valence-electron chi connectivity index (χ0n) is 13.3. The average Bonchev–Trinajstić information content (AvgIpc) is 2.59. The predicted octanol–water partition coefficient (Wildman–Crippen LogP) is 3.19. The predicted molar refractivity (Wildman–Crippen MR) is 90.3 cm³/mol. The van der Waals surface area contributed by atoms with Gasteiger partial charge in [-0.3, -0.25) is 4.79 Å². The van der Waals surface area contributed by atoms with E-state index in [0.29, 0.717) is 34.1 Å². The summed E-state index contributed by atoms with van der Waals surface area (Å²) in [5.41, 5.74) is 7.37. The van der Waals surface area contributed by atoms with Crippen LogP contribution in [-0.4, -0.2) is 27.1 Å². The van der Waals surface area contributed by atoms with Crippen LogP contribution in [0.2, 0.25) is 0 Å². The largest absolute Gasteiger partial charge is 0.496 e. The Balaban J connectivity index is 2.39. The molecule has 0 aliphatic rings. The molecule has 5 nitrogen and oxygen atoms in total. The minimum atomic E-state index is -0.192. The van der Waals surface area contributed by atoms with Crippen molar-refractivity contribution in [1.82, 2.24) is 0 Å². The zero-order valence-corrected chi connectivity index (χ0v) is 13.3. The number of allylic oxidation sites excluding steroid dienone is 1. The van der Waals surface area contributed by atoms with E-state index in [1.165, 1.54) is 6.08 Å². The molecule has 2 N–H and O–H groups in total. The van der Waals surface area contributed by atoms with E-state index in [4.69, 9.17) is 19.9 Å². The first-order valence-corrected chi connectivity index (χ1v) is 6.97. The van der Waals surface area contributed by atoms with Crippen molar-refractivity contribution in [3.63, 3.8) is 0 Å². The van der Waals surface area contributed by atoms with Crippen LogP contribution in [0.1, 0.15) is 15.9 Å². The lowest BCUT2D eigenvalue weighted by molar-refractivity contribution is 0.104. The summed E-state index contributed by atoms with van der Waals surface area (Å²) in [6, 6.07) is 10.4. The number of para-hydroxylation sites is 1. The highest BCUT2D eigenvalue weighted by molar-refractivity contribution is 6.10. The first-order chi connectivity index (χ1) is 11.1. The SMILES string of the molecule is COc1cc(OC)c(C=CC(=O)c2ccccc2N)c(OC)c1. The van der Waals surface area contributed by atoms with Crippen LogP contribution in [0, 0.1) is 0 Å². The summed E-state index contributed by atoms with van der Waals surface area (Å²) >= 11 is 0. The van der Waals surface area contributed by atoms with Gasteiger partial charge in [-0.05, 0) is 24.3 Å². The highest BCUT2D eigenvalue weighted by Crippen LogP contribution is 2.35. The van der Waals surface area contributed by atoms with Gasteiger partial charge in [0.05, 0.1) is 26.9 Å². The molecule has 23 heavy (non-hydrogen) atoms. The first kappa shape index (κ1) is 16.4. The molecule has 0 unspecified atom stereocenters. The number of carbonyl (C=O) groups excluding carboxylic acids is 1. The first-order valence-electron chi connectivity index (χ1n) is 6.97. The minimum absolute atomic E-state index is 0.192. The Kier molecular flexibility index (Phi) is 5.25. The zero-order chi connectivity index (χ0) is 16.8. The van der Waals surface area contributed by atoms with Crippen LogP contribution >= 0.6 is 0 Å². The minimum Gasteiger partial charge on any atom is -0.496 e. The normalized spacial score (nSPS) is 10.6. The third-order valence-electron chi connectivity index (χ3n) is 3.38. The average molecular weight is 313 g/mol. The summed E-state index contributed by atoms with van der Waals surface area (Å²) in [5, 5.41) is 0. The molecule has 0 amide bonds. The van der Waals surface area contributed by atoms with Crippen LogP contribution in [0.4, 0.5) is 5.69 Å². The molecule has 0 radical (unpaired) electrons. The maximum Gasteiger partial charge on any atom is 0.187 e. The van der Waals surface area contributed by atoms with Gasteiger partial charge in [-0.15, -0.1) is 0 Å². The highest BCUT2D eigenvalue weighted by atomic mass is 16.5. The smallest absolute Gasteiger partial charge is 0.187 e. The summed E-state index contributed by atoms with van der Waals surface area (Å²) in [4.78, 5) is 12.3. The van der Waals surface area contributed by atoms with E-state index >= 15 is 0 Å². The lowest BCUT2D eigenvalue weighted by Crippen LogP contribution is -2.00. The maximum absolute atomic E-state index is 12.3. The van der Waals surface area contributed by atoms with Gasteiger partial charge in [0.2, 0.25) is 0 Å². The number of carbonyl (C=O) groups is 1. The van der Waals surface area contributed by atoms with Crippen molar-refractivity contribution >= 4 is 17.5 Å². The van der Waals surface area contributed by atoms with Gasteiger partial charge >= 0.3 is 0 Å². The van der Waals surface area contributed by atoms with Crippen LogP contribution < -0.4 is 19.9 Å². The number of rotatable bonds is 6. The number of hydrogen-bond donors (Lipinski definition) is 1. The van der Waals surface area contributed by atoms with E-state index in [9.17, 15) is 4.79 Å². The summed E-state index contributed by atoms with van der Waals surface area (Å²) in [7, 11) is 4.65. The second-order valence-electron chi connectivity index (χ2n) is 4.73. The summed E-state index contributed by atoms with van der Waals surface area (Å²) in [5.74, 6) is 1.51. The molecule has 0 fully saturated rings. The number of nitrogens with two attached hydrogens (primary N) is 1. The van der Waals surface area contributed by atoms with E-state index in [2.05, 4.69) is 0 Å². The molecule has 120 valence electrons. The highest BCUT2D eigenvalue weighted by Gasteiger charge is 2.12. The molecule has 2 aromatic rings. The number of hydrogen-bond acceptors (Lipinski definition) is 5. The Morgan fingerprint density at radius 3 is 2.13 bits per heavy atom. The molecule has 0 aromatic heterocycles. The Bertz CT molecular complexity index is 713. The van der Waals surface area contributed by atoms with Crippen molar-refractivity contribution in [3.8, 4) is 17.2 Å². The molecule has 0 aliphatic heterocycles. The molecular formula is C18H19NO4. The molecule has 0 spiro atoms. The number of anilines is 1. The fourth-order valence-electron chi connectivity index (χ4n) is 2.17. The Morgan fingerprint density at radius 2 is 1.61 bits per heavy atom. The molecule has 0 bridgehead atoms. The van der Waals surface area contributed by atoms with Crippen molar-refractivity contribution < 1.29 is 19.0 Å². The molecule has 0 saturated heterocycles. The topological polar surface area (TPSA) is 70.8 Å². The van der Waals surface area contributed by atoms with Crippen molar-refractivity contribution in [2.45, 2.75) is 0 Å². The van der Waals surface area contributed by atoms with Crippen LogP contribution in [0.15, 0.2) is 42.5 Å².